The Morgan fingerprint density at radius 2 is 2.12 bits per heavy atom. The van der Waals surface area contributed by atoms with Crippen LogP contribution in [0.25, 0.3) is 16.6 Å². The molecule has 0 atom stereocenters. The first kappa shape index (κ1) is 14.3. The second-order valence-corrected chi connectivity index (χ2v) is 5.39. The van der Waals surface area contributed by atoms with Gasteiger partial charge in [0, 0.05) is 23.1 Å². The maximum absolute atomic E-state index is 11.5. The van der Waals surface area contributed by atoms with Gasteiger partial charge in [-0.3, -0.25) is 4.98 Å². The van der Waals surface area contributed by atoms with Crippen molar-refractivity contribution in [2.75, 3.05) is 5.32 Å². The van der Waals surface area contributed by atoms with Crippen LogP contribution in [0.15, 0.2) is 42.7 Å². The second-order valence-electron chi connectivity index (χ2n) is 4.95. The predicted octanol–water partition coefficient (Wildman–Crippen LogP) is 2.77. The van der Waals surface area contributed by atoms with Gasteiger partial charge in [0.15, 0.2) is 5.65 Å². The summed E-state index contributed by atoms with van der Waals surface area (Å²) in [5.74, 6) is -1.18. The summed E-state index contributed by atoms with van der Waals surface area (Å²) in [7, 11) is 0. The predicted molar refractivity (Wildman–Crippen MR) is 87.8 cm³/mol. The van der Waals surface area contributed by atoms with E-state index in [1.54, 1.807) is 42.7 Å². The van der Waals surface area contributed by atoms with Gasteiger partial charge in [-0.25, -0.2) is 14.2 Å². The number of halogens is 1. The molecule has 0 bridgehead atoms. The summed E-state index contributed by atoms with van der Waals surface area (Å²) in [4.78, 5) is 20.0. The third kappa shape index (κ3) is 2.29. The van der Waals surface area contributed by atoms with E-state index in [0.29, 0.717) is 27.3 Å². The molecule has 1 aromatic carbocycles. The first-order chi connectivity index (χ1) is 11.6. The van der Waals surface area contributed by atoms with Crippen LogP contribution in [0.4, 0.5) is 11.6 Å². The van der Waals surface area contributed by atoms with E-state index in [0.717, 1.165) is 0 Å². The highest BCUT2D eigenvalue weighted by Gasteiger charge is 2.19. The number of hydrogen-bond acceptors (Lipinski definition) is 6. The van der Waals surface area contributed by atoms with Gasteiger partial charge in [0.2, 0.25) is 11.8 Å². The molecule has 0 saturated carbocycles. The standard InChI is InChI=1S/C15H9ClN6O2/c16-8-2-1-3-9(6-8)18-15-19-11-4-5-17-7-10(11)12-20-21-13(14(23)24)22(12)15/h1-7H,(H,18,19)(H,23,24). The van der Waals surface area contributed by atoms with Crippen molar-refractivity contribution in [3.63, 3.8) is 0 Å². The van der Waals surface area contributed by atoms with Gasteiger partial charge in [0.25, 0.3) is 0 Å². The monoisotopic (exact) mass is 340 g/mol. The van der Waals surface area contributed by atoms with Gasteiger partial charge in [-0.1, -0.05) is 17.7 Å². The first-order valence-corrected chi connectivity index (χ1v) is 7.26. The Morgan fingerprint density at radius 3 is 2.92 bits per heavy atom. The molecular formula is C15H9ClN6O2. The number of aromatic carboxylic acids is 1. The molecule has 4 aromatic rings. The van der Waals surface area contributed by atoms with E-state index in [9.17, 15) is 9.90 Å². The molecule has 0 aliphatic carbocycles. The molecule has 0 spiro atoms. The van der Waals surface area contributed by atoms with Crippen LogP contribution < -0.4 is 5.32 Å². The van der Waals surface area contributed by atoms with Crippen molar-refractivity contribution in [1.29, 1.82) is 0 Å². The van der Waals surface area contributed by atoms with Crippen molar-refractivity contribution in [3.05, 3.63) is 53.6 Å². The molecule has 0 saturated heterocycles. The fourth-order valence-electron chi connectivity index (χ4n) is 2.40. The molecule has 0 fully saturated rings. The van der Waals surface area contributed by atoms with Gasteiger partial charge in [-0.2, -0.15) is 0 Å². The van der Waals surface area contributed by atoms with Gasteiger partial charge in [-0.05, 0) is 24.3 Å². The van der Waals surface area contributed by atoms with Crippen molar-refractivity contribution >= 4 is 45.8 Å². The summed E-state index contributed by atoms with van der Waals surface area (Å²) in [6, 6.07) is 8.73. The Labute approximate surface area is 139 Å². The molecule has 118 valence electrons. The summed E-state index contributed by atoms with van der Waals surface area (Å²) < 4.78 is 1.34. The molecule has 0 amide bonds. The molecule has 24 heavy (non-hydrogen) atoms. The minimum absolute atomic E-state index is 0.243. The van der Waals surface area contributed by atoms with E-state index in [2.05, 4.69) is 25.5 Å². The van der Waals surface area contributed by atoms with Crippen LogP contribution in [0.3, 0.4) is 0 Å². The third-order valence-corrected chi connectivity index (χ3v) is 3.65. The van der Waals surface area contributed by atoms with Crippen molar-refractivity contribution in [2.45, 2.75) is 0 Å². The molecular weight excluding hydrogens is 332 g/mol. The fraction of sp³-hybridized carbons (Fsp3) is 0. The largest absolute Gasteiger partial charge is 0.475 e. The van der Waals surface area contributed by atoms with Crippen LogP contribution in [0.5, 0.6) is 0 Å². The number of carboxylic acids is 1. The van der Waals surface area contributed by atoms with Crippen molar-refractivity contribution in [1.82, 2.24) is 24.6 Å². The van der Waals surface area contributed by atoms with Crippen LogP contribution in [0.2, 0.25) is 5.02 Å². The minimum atomic E-state index is -1.21. The zero-order chi connectivity index (χ0) is 16.7. The number of benzene rings is 1. The number of carbonyl (C=O) groups is 1. The van der Waals surface area contributed by atoms with Crippen LogP contribution in [0.1, 0.15) is 10.6 Å². The average molecular weight is 341 g/mol. The number of fused-ring (bicyclic) bond motifs is 3. The quantitative estimate of drug-likeness (QED) is 0.590. The normalized spacial score (nSPS) is 11.0. The molecule has 3 heterocycles. The van der Waals surface area contributed by atoms with Gasteiger partial charge in [0.1, 0.15) is 0 Å². The Hall–Kier alpha value is -3.26. The zero-order valence-corrected chi connectivity index (χ0v) is 12.8. The van der Waals surface area contributed by atoms with E-state index < -0.39 is 5.97 Å². The maximum atomic E-state index is 11.5. The van der Waals surface area contributed by atoms with E-state index in [1.807, 2.05) is 0 Å². The van der Waals surface area contributed by atoms with Crippen LogP contribution in [-0.2, 0) is 0 Å². The van der Waals surface area contributed by atoms with Gasteiger partial charge in [-0.15, -0.1) is 10.2 Å². The molecule has 9 heteroatoms. The van der Waals surface area contributed by atoms with E-state index in [4.69, 9.17) is 11.6 Å². The van der Waals surface area contributed by atoms with E-state index in [-0.39, 0.29) is 11.8 Å². The molecule has 0 aliphatic heterocycles. The van der Waals surface area contributed by atoms with Gasteiger partial charge in [0.05, 0.1) is 10.9 Å². The number of nitrogens with one attached hydrogen (secondary N) is 1. The highest BCUT2D eigenvalue weighted by molar-refractivity contribution is 6.30. The van der Waals surface area contributed by atoms with Crippen LogP contribution in [-0.4, -0.2) is 35.6 Å². The lowest BCUT2D eigenvalue weighted by Crippen LogP contribution is -2.09. The van der Waals surface area contributed by atoms with E-state index >= 15 is 0 Å². The molecule has 0 aliphatic rings. The number of aromatic nitrogens is 5. The summed E-state index contributed by atoms with van der Waals surface area (Å²) in [5.41, 5.74) is 1.64. The molecule has 0 radical (unpaired) electrons. The lowest BCUT2D eigenvalue weighted by atomic mass is 10.3. The number of rotatable bonds is 3. The fourth-order valence-corrected chi connectivity index (χ4v) is 2.59. The van der Waals surface area contributed by atoms with Crippen molar-refractivity contribution in [3.8, 4) is 0 Å². The van der Waals surface area contributed by atoms with Crippen LogP contribution in [0, 0.1) is 0 Å². The lowest BCUT2D eigenvalue weighted by Gasteiger charge is -2.10. The number of pyridine rings is 1. The zero-order valence-electron chi connectivity index (χ0n) is 12.0. The van der Waals surface area contributed by atoms with Crippen LogP contribution >= 0.6 is 11.6 Å². The molecule has 2 N–H and O–H groups in total. The van der Waals surface area contributed by atoms with Gasteiger partial charge < -0.3 is 10.4 Å². The van der Waals surface area contributed by atoms with Crippen molar-refractivity contribution in [2.24, 2.45) is 0 Å². The summed E-state index contributed by atoms with van der Waals surface area (Å²) in [5, 5.41) is 21.3. The Bertz CT molecular complexity index is 1090. The third-order valence-electron chi connectivity index (χ3n) is 3.41. The minimum Gasteiger partial charge on any atom is -0.475 e. The average Bonchev–Trinajstić information content (AvgIpc) is 3.01. The Kier molecular flexibility index (Phi) is 3.24. The number of carboxylic acid groups (broad SMARTS) is 1. The Balaban J connectivity index is 2.00. The highest BCUT2D eigenvalue weighted by Crippen LogP contribution is 2.24. The molecule has 3 aromatic heterocycles. The molecule has 0 unspecified atom stereocenters. The smallest absolute Gasteiger partial charge is 0.374 e. The topological polar surface area (TPSA) is 105 Å². The van der Waals surface area contributed by atoms with Gasteiger partial charge >= 0.3 is 5.97 Å². The molecule has 8 nitrogen and oxygen atoms in total. The molecule has 4 rings (SSSR count). The SMILES string of the molecule is O=C(O)c1nnc2c3cnccc3nc(Nc3cccc(Cl)c3)n12. The number of anilines is 2. The number of hydrogen-bond donors (Lipinski definition) is 2. The lowest BCUT2D eigenvalue weighted by molar-refractivity contribution is 0.0682. The second kappa shape index (κ2) is 5.43. The maximum Gasteiger partial charge on any atom is 0.374 e. The van der Waals surface area contributed by atoms with E-state index in [1.165, 1.54) is 4.40 Å². The summed E-state index contributed by atoms with van der Waals surface area (Å²) in [6.07, 6.45) is 3.17. The van der Waals surface area contributed by atoms with Crippen molar-refractivity contribution < 1.29 is 9.90 Å². The number of nitrogens with zero attached hydrogens (tertiary/aromatic N) is 5. The Morgan fingerprint density at radius 1 is 1.25 bits per heavy atom. The first-order valence-electron chi connectivity index (χ1n) is 6.88. The summed E-state index contributed by atoms with van der Waals surface area (Å²) in [6.45, 7) is 0. The highest BCUT2D eigenvalue weighted by atomic mass is 35.5. The summed E-state index contributed by atoms with van der Waals surface area (Å²) >= 11 is 5.99.